The number of anilines is 1. The van der Waals surface area contributed by atoms with E-state index >= 15 is 0 Å². The molecule has 1 aliphatic heterocycles. The number of fused-ring (bicyclic) bond motifs is 2. The molecule has 0 radical (unpaired) electrons. The summed E-state index contributed by atoms with van der Waals surface area (Å²) < 4.78 is 1.84. The second-order valence-corrected chi connectivity index (χ2v) is 7.74. The highest BCUT2D eigenvalue weighted by Crippen LogP contribution is 2.28. The lowest BCUT2D eigenvalue weighted by Crippen LogP contribution is -2.25. The number of carbonyl (C=O) groups excluding carboxylic acids is 1. The molecule has 6 heteroatoms. The van der Waals surface area contributed by atoms with Gasteiger partial charge in [0.25, 0.3) is 5.91 Å². The van der Waals surface area contributed by atoms with E-state index in [9.17, 15) is 4.79 Å². The number of hydrogen-bond acceptors (Lipinski definition) is 4. The summed E-state index contributed by atoms with van der Waals surface area (Å²) >= 11 is 1.49. The van der Waals surface area contributed by atoms with Crippen LogP contribution in [0.15, 0.2) is 24.3 Å². The van der Waals surface area contributed by atoms with Crippen molar-refractivity contribution in [1.82, 2.24) is 15.1 Å². The first-order valence-electron chi connectivity index (χ1n) is 8.57. The minimum Gasteiger partial charge on any atom is -0.374 e. The minimum absolute atomic E-state index is 0.0181. The molecule has 4 rings (SSSR count). The molecule has 1 amide bonds. The van der Waals surface area contributed by atoms with Crippen LogP contribution in [-0.2, 0) is 20.0 Å². The lowest BCUT2D eigenvalue weighted by atomic mass is 9.99. The number of benzene rings is 1. The van der Waals surface area contributed by atoms with Crippen molar-refractivity contribution in [2.75, 3.05) is 18.5 Å². The Morgan fingerprint density at radius 3 is 2.96 bits per heavy atom. The zero-order valence-electron chi connectivity index (χ0n) is 14.8. The number of nitrogens with zero attached hydrogens (tertiary/aromatic N) is 3. The van der Waals surface area contributed by atoms with Gasteiger partial charge in [0.1, 0.15) is 4.83 Å². The molecule has 5 nitrogen and oxygen atoms in total. The third-order valence-electron chi connectivity index (χ3n) is 4.87. The number of aryl methyl sites for hydroxylation is 3. The van der Waals surface area contributed by atoms with Crippen LogP contribution in [0.3, 0.4) is 0 Å². The Morgan fingerprint density at radius 1 is 1.32 bits per heavy atom. The van der Waals surface area contributed by atoms with Crippen molar-refractivity contribution >= 4 is 33.1 Å². The number of rotatable bonds is 3. The predicted molar refractivity (Wildman–Crippen MR) is 103 cm³/mol. The molecule has 0 fully saturated rings. The summed E-state index contributed by atoms with van der Waals surface area (Å²) in [6.45, 7) is 3.64. The molecular formula is C19H22N4OS. The first-order valence-corrected chi connectivity index (χ1v) is 9.39. The van der Waals surface area contributed by atoms with Crippen molar-refractivity contribution < 1.29 is 4.79 Å². The number of aromatic nitrogens is 2. The number of nitrogens with one attached hydrogen (secondary N) is 1. The van der Waals surface area contributed by atoms with E-state index in [0.717, 1.165) is 39.3 Å². The van der Waals surface area contributed by atoms with Crippen LogP contribution in [-0.4, -0.2) is 29.3 Å². The first-order chi connectivity index (χ1) is 12.0. The largest absolute Gasteiger partial charge is 0.374 e. The SMILES string of the molecule is Cc1nn(C)c2sc(C(=O)NCc3ccc4c(c3)CCCN4C)cc12. The van der Waals surface area contributed by atoms with Crippen LogP contribution in [0.4, 0.5) is 5.69 Å². The minimum atomic E-state index is -0.0181. The van der Waals surface area contributed by atoms with Crippen LogP contribution >= 0.6 is 11.3 Å². The Hall–Kier alpha value is -2.34. The summed E-state index contributed by atoms with van der Waals surface area (Å²) in [7, 11) is 4.05. The zero-order chi connectivity index (χ0) is 17.6. The van der Waals surface area contributed by atoms with Crippen LogP contribution in [0.25, 0.3) is 10.2 Å². The van der Waals surface area contributed by atoms with Crippen LogP contribution < -0.4 is 10.2 Å². The Kier molecular flexibility index (Phi) is 4.00. The van der Waals surface area contributed by atoms with Gasteiger partial charge < -0.3 is 10.2 Å². The Labute approximate surface area is 151 Å². The molecule has 1 N–H and O–H groups in total. The maximum Gasteiger partial charge on any atom is 0.261 e. The average molecular weight is 354 g/mol. The summed E-state index contributed by atoms with van der Waals surface area (Å²) in [6, 6.07) is 8.45. The normalized spacial score (nSPS) is 14.0. The van der Waals surface area contributed by atoms with E-state index < -0.39 is 0 Å². The van der Waals surface area contributed by atoms with Gasteiger partial charge in [-0.25, -0.2) is 0 Å². The number of thiophene rings is 1. The van der Waals surface area contributed by atoms with Crippen molar-refractivity contribution in [3.8, 4) is 0 Å². The monoisotopic (exact) mass is 354 g/mol. The summed E-state index contributed by atoms with van der Waals surface area (Å²) in [5, 5.41) is 8.50. The molecule has 0 unspecified atom stereocenters. The topological polar surface area (TPSA) is 50.2 Å². The summed E-state index contributed by atoms with van der Waals surface area (Å²) in [5.74, 6) is -0.0181. The predicted octanol–water partition coefficient (Wildman–Crippen LogP) is 3.26. The van der Waals surface area contributed by atoms with Gasteiger partial charge >= 0.3 is 0 Å². The van der Waals surface area contributed by atoms with Gasteiger partial charge in [-0.05, 0) is 43.0 Å². The molecule has 0 atom stereocenters. The van der Waals surface area contributed by atoms with Crippen molar-refractivity contribution in [3.63, 3.8) is 0 Å². The van der Waals surface area contributed by atoms with E-state index in [1.54, 1.807) is 0 Å². The van der Waals surface area contributed by atoms with Crippen LogP contribution in [0.5, 0.6) is 0 Å². The molecular weight excluding hydrogens is 332 g/mol. The zero-order valence-corrected chi connectivity index (χ0v) is 15.6. The second kappa shape index (κ2) is 6.19. The van der Waals surface area contributed by atoms with Crippen molar-refractivity contribution in [3.05, 3.63) is 46.0 Å². The highest BCUT2D eigenvalue weighted by Gasteiger charge is 2.16. The maximum atomic E-state index is 12.5. The molecule has 0 bridgehead atoms. The van der Waals surface area contributed by atoms with Gasteiger partial charge in [-0.15, -0.1) is 11.3 Å². The van der Waals surface area contributed by atoms with Gasteiger partial charge in [-0.2, -0.15) is 5.10 Å². The summed E-state index contributed by atoms with van der Waals surface area (Å²) in [6.07, 6.45) is 2.30. The highest BCUT2D eigenvalue weighted by atomic mass is 32.1. The van der Waals surface area contributed by atoms with Gasteiger partial charge in [0.2, 0.25) is 0 Å². The molecule has 25 heavy (non-hydrogen) atoms. The van der Waals surface area contributed by atoms with E-state index in [-0.39, 0.29) is 5.91 Å². The Balaban J connectivity index is 1.48. The first kappa shape index (κ1) is 16.1. The quantitative estimate of drug-likeness (QED) is 0.785. The third kappa shape index (κ3) is 2.91. The maximum absolute atomic E-state index is 12.5. The van der Waals surface area contributed by atoms with E-state index in [2.05, 4.69) is 40.6 Å². The average Bonchev–Trinajstić information content (AvgIpc) is 3.15. The molecule has 2 aromatic heterocycles. The van der Waals surface area contributed by atoms with Crippen LogP contribution in [0.1, 0.15) is 32.9 Å². The number of carbonyl (C=O) groups is 1. The number of amides is 1. The van der Waals surface area contributed by atoms with Gasteiger partial charge in [0.05, 0.1) is 10.6 Å². The molecule has 1 aromatic carbocycles. The van der Waals surface area contributed by atoms with Crippen molar-refractivity contribution in [2.24, 2.45) is 7.05 Å². The molecule has 0 aliphatic carbocycles. The van der Waals surface area contributed by atoms with Gasteiger partial charge in [0.15, 0.2) is 0 Å². The van der Waals surface area contributed by atoms with Crippen molar-refractivity contribution in [1.29, 1.82) is 0 Å². The van der Waals surface area contributed by atoms with Crippen molar-refractivity contribution in [2.45, 2.75) is 26.3 Å². The van der Waals surface area contributed by atoms with Gasteiger partial charge in [-0.1, -0.05) is 12.1 Å². The van der Waals surface area contributed by atoms with Gasteiger partial charge in [0, 0.05) is 38.3 Å². The Bertz CT molecular complexity index is 921. The third-order valence-corrected chi connectivity index (χ3v) is 6.07. The standard InChI is InChI=1S/C19H22N4OS/c1-12-15-10-17(25-19(15)23(3)21-12)18(24)20-11-13-6-7-16-14(9-13)5-4-8-22(16)2/h6-7,9-10H,4-5,8,11H2,1-3H3,(H,20,24). The fraction of sp³-hybridized carbons (Fsp3) is 0.368. The van der Waals surface area contributed by atoms with Crippen LogP contribution in [0.2, 0.25) is 0 Å². The van der Waals surface area contributed by atoms with E-state index in [1.807, 2.05) is 24.7 Å². The van der Waals surface area contributed by atoms with E-state index in [4.69, 9.17) is 0 Å². The molecule has 0 saturated carbocycles. The second-order valence-electron chi connectivity index (χ2n) is 6.71. The molecule has 0 saturated heterocycles. The van der Waals surface area contributed by atoms with E-state index in [1.165, 1.54) is 29.0 Å². The number of hydrogen-bond donors (Lipinski definition) is 1. The molecule has 130 valence electrons. The fourth-order valence-corrected chi connectivity index (χ4v) is 4.57. The molecule has 3 heterocycles. The molecule has 3 aromatic rings. The fourth-order valence-electron chi connectivity index (χ4n) is 3.54. The lowest BCUT2D eigenvalue weighted by molar-refractivity contribution is 0.0955. The molecule has 0 spiro atoms. The highest BCUT2D eigenvalue weighted by molar-refractivity contribution is 7.20. The van der Waals surface area contributed by atoms with Gasteiger partial charge in [-0.3, -0.25) is 9.48 Å². The summed E-state index contributed by atoms with van der Waals surface area (Å²) in [4.78, 5) is 16.6. The Morgan fingerprint density at radius 2 is 2.16 bits per heavy atom. The molecule has 1 aliphatic rings. The smallest absolute Gasteiger partial charge is 0.261 e. The summed E-state index contributed by atoms with van der Waals surface area (Å²) in [5.41, 5.74) is 4.81. The van der Waals surface area contributed by atoms with E-state index in [0.29, 0.717) is 6.54 Å². The van der Waals surface area contributed by atoms with Crippen LogP contribution in [0, 0.1) is 6.92 Å². The lowest BCUT2D eigenvalue weighted by Gasteiger charge is -2.27.